The van der Waals surface area contributed by atoms with Crippen molar-refractivity contribution in [1.29, 1.82) is 4.78 Å². The minimum Gasteiger partial charge on any atom is -0.476 e. The van der Waals surface area contributed by atoms with Crippen LogP contribution in [0.1, 0.15) is 79.5 Å². The number of aromatic nitrogens is 2. The van der Waals surface area contributed by atoms with E-state index in [4.69, 9.17) is 14.3 Å². The van der Waals surface area contributed by atoms with Gasteiger partial charge in [0.25, 0.3) is 0 Å². The highest BCUT2D eigenvalue weighted by atomic mass is 32.2. The van der Waals surface area contributed by atoms with Crippen LogP contribution < -0.4 is 10.1 Å². The summed E-state index contributed by atoms with van der Waals surface area (Å²) in [5.41, 5.74) is 5.79. The topological polar surface area (TPSA) is 110 Å². The number of urea groups is 1. The van der Waals surface area contributed by atoms with Crippen LogP contribution in [-0.2, 0) is 52.1 Å². The molecule has 0 radical (unpaired) electrons. The molecule has 2 amide bonds. The summed E-state index contributed by atoms with van der Waals surface area (Å²) in [5, 5.41) is 8.14. The van der Waals surface area contributed by atoms with E-state index in [9.17, 15) is 4.78 Å². The molecule has 0 bridgehead atoms. The predicted octanol–water partition coefficient (Wildman–Crippen LogP) is 10.1. The van der Waals surface area contributed by atoms with Gasteiger partial charge in [-0.1, -0.05) is 125 Å². The molecule has 57 heavy (non-hydrogen) atoms. The number of nitrogens with zero attached hydrogens (tertiary/aromatic N) is 3. The zero-order valence-electron chi connectivity index (χ0n) is 34.1. The summed E-state index contributed by atoms with van der Waals surface area (Å²) in [6.45, 7) is 14.5. The number of carbonyl (C=O) groups excluding carboxylic acids is 1. The highest BCUT2D eigenvalue weighted by Crippen LogP contribution is 2.49. The van der Waals surface area contributed by atoms with Crippen LogP contribution in [-0.4, -0.2) is 45.9 Å². The van der Waals surface area contributed by atoms with Crippen molar-refractivity contribution in [2.75, 3.05) is 18.5 Å². The summed E-state index contributed by atoms with van der Waals surface area (Å²) in [6.07, 6.45) is 7.15. The summed E-state index contributed by atoms with van der Waals surface area (Å²) in [5.74, 6) is 0.238. The van der Waals surface area contributed by atoms with Gasteiger partial charge in [-0.3, -0.25) is 0 Å². The van der Waals surface area contributed by atoms with Gasteiger partial charge in [-0.15, -0.1) is 0 Å². The van der Waals surface area contributed by atoms with Crippen LogP contribution in [0.25, 0.3) is 0 Å². The van der Waals surface area contributed by atoms with Crippen LogP contribution >= 0.6 is 0 Å². The zero-order chi connectivity index (χ0) is 40.2. The van der Waals surface area contributed by atoms with Gasteiger partial charge in [-0.25, -0.2) is 22.8 Å². The Bertz CT molecular complexity index is 2270. The normalized spacial score (nSPS) is 18.8. The number of amides is 2. The number of anilines is 1. The molecule has 2 unspecified atom stereocenters. The van der Waals surface area contributed by atoms with E-state index in [0.29, 0.717) is 29.8 Å². The van der Waals surface area contributed by atoms with Crippen molar-refractivity contribution in [3.05, 3.63) is 142 Å². The molecule has 11 heteroatoms. The number of carbonyl (C=O) groups is 1. The molecule has 4 aromatic carbocycles. The molecule has 5 aromatic rings. The Morgan fingerprint density at radius 3 is 1.89 bits per heavy atom. The summed E-state index contributed by atoms with van der Waals surface area (Å²) in [4.78, 5) is 15.8. The largest absolute Gasteiger partial charge is 0.476 e. The smallest absolute Gasteiger partial charge is 0.336 e. The molecule has 8 rings (SSSR count). The Labute approximate surface area is 339 Å². The maximum absolute atomic E-state index is 16.2. The van der Waals surface area contributed by atoms with Crippen molar-refractivity contribution in [1.82, 2.24) is 14.1 Å². The van der Waals surface area contributed by atoms with Crippen LogP contribution in [0.3, 0.4) is 0 Å². The molecule has 3 aliphatic rings. The maximum atomic E-state index is 16.2. The molecule has 0 spiro atoms. The molecule has 298 valence electrons. The third-order valence-electron chi connectivity index (χ3n) is 12.8. The van der Waals surface area contributed by atoms with Gasteiger partial charge >= 0.3 is 6.03 Å². The van der Waals surface area contributed by atoms with Gasteiger partial charge in [0.2, 0.25) is 5.88 Å². The lowest BCUT2D eigenvalue weighted by Crippen LogP contribution is -2.55. The first-order chi connectivity index (χ1) is 27.2. The highest BCUT2D eigenvalue weighted by molar-refractivity contribution is 7.90. The first-order valence-corrected chi connectivity index (χ1v) is 24.6. The van der Waals surface area contributed by atoms with E-state index in [1.807, 2.05) is 91.0 Å². The summed E-state index contributed by atoms with van der Waals surface area (Å²) in [7, 11) is -6.31. The zero-order valence-corrected chi connectivity index (χ0v) is 35.9. The minimum atomic E-state index is -4.25. The number of nitrogens with one attached hydrogen (secondary N) is 2. The van der Waals surface area contributed by atoms with Crippen molar-refractivity contribution in [3.63, 3.8) is 0 Å². The molecule has 9 nitrogen and oxygen atoms in total. The lowest BCUT2D eigenvalue weighted by molar-refractivity contribution is 0.0329. The van der Waals surface area contributed by atoms with Gasteiger partial charge in [0, 0.05) is 17.7 Å². The number of hydrogen-bond donors (Lipinski definition) is 2. The monoisotopic (exact) mass is 801 g/mol. The number of rotatable bonds is 10. The van der Waals surface area contributed by atoms with Crippen molar-refractivity contribution in [2.45, 2.75) is 101 Å². The van der Waals surface area contributed by atoms with Crippen LogP contribution in [0.15, 0.2) is 108 Å². The second-order valence-electron chi connectivity index (χ2n) is 17.9. The summed E-state index contributed by atoms with van der Waals surface area (Å²) >= 11 is 0. The Morgan fingerprint density at radius 1 is 0.895 bits per heavy atom. The molecular weight excluding hydrogens is 747 g/mol. The van der Waals surface area contributed by atoms with Gasteiger partial charge < -0.3 is 14.5 Å². The van der Waals surface area contributed by atoms with Crippen molar-refractivity contribution in [2.24, 2.45) is 5.41 Å². The van der Waals surface area contributed by atoms with E-state index in [2.05, 4.69) is 52.2 Å². The van der Waals surface area contributed by atoms with E-state index >= 15 is 9.00 Å². The van der Waals surface area contributed by atoms with Gasteiger partial charge in [-0.2, -0.15) is 5.10 Å². The highest BCUT2D eigenvalue weighted by Gasteiger charge is 2.52. The summed E-state index contributed by atoms with van der Waals surface area (Å²) in [6, 6.07) is 30.7. The molecular formula is C46H55N5O4SSi. The number of aryl methyl sites for hydroxylation is 2. The molecule has 1 aliphatic heterocycles. The average Bonchev–Trinajstić information content (AvgIpc) is 3.97. The maximum Gasteiger partial charge on any atom is 0.336 e. The fourth-order valence-corrected chi connectivity index (χ4v) is 11.6. The van der Waals surface area contributed by atoms with Crippen LogP contribution in [0.2, 0.25) is 18.1 Å². The Morgan fingerprint density at radius 2 is 1.40 bits per heavy atom. The molecule has 0 fully saturated rings. The molecule has 0 saturated carbocycles. The third-order valence-corrected chi connectivity index (χ3v) is 19.1. The van der Waals surface area contributed by atoms with E-state index in [0.717, 1.165) is 55.3 Å². The minimum absolute atomic E-state index is 0.0480. The Kier molecular flexibility index (Phi) is 10.0. The number of fused-ring (bicyclic) bond motifs is 3. The Balaban J connectivity index is 1.31. The van der Waals surface area contributed by atoms with E-state index in [1.165, 1.54) is 21.6 Å². The van der Waals surface area contributed by atoms with E-state index < -0.39 is 35.2 Å². The fraction of sp³-hybridized carbons (Fsp3) is 0.391. The van der Waals surface area contributed by atoms with Crippen molar-refractivity contribution < 1.29 is 18.2 Å². The molecule has 2 N–H and O–H groups in total. The Hall–Kier alpha value is -4.71. The first-order valence-electron chi connectivity index (χ1n) is 20.2. The summed E-state index contributed by atoms with van der Waals surface area (Å²) < 4.78 is 42.6. The first kappa shape index (κ1) is 39.1. The van der Waals surface area contributed by atoms with Crippen LogP contribution in [0.5, 0.6) is 5.88 Å². The van der Waals surface area contributed by atoms with Gasteiger partial charge in [0.15, 0.2) is 18.2 Å². The number of benzene rings is 4. The third kappa shape index (κ3) is 6.81. The quantitative estimate of drug-likeness (QED) is 0.108. The van der Waals surface area contributed by atoms with Gasteiger partial charge in [0.1, 0.15) is 10.4 Å². The second-order valence-corrected chi connectivity index (χ2v) is 24.6. The lowest BCUT2D eigenvalue weighted by Gasteiger charge is -2.45. The molecule has 0 saturated heterocycles. The number of ether oxygens (including phenoxy) is 1. The fourth-order valence-electron chi connectivity index (χ4n) is 8.69. The number of hydrogen-bond acceptors (Lipinski definition) is 6. The van der Waals surface area contributed by atoms with Crippen LogP contribution in [0, 0.1) is 10.2 Å². The molecule has 2 atom stereocenters. The average molecular weight is 802 g/mol. The SMILES string of the molecule is CC1(CO[Si](C)(C)C(C)(C)C)COc2c(S(=N)(=O)N(C(=O)Nc3c4c(cc5c3CCC5)CCC4)C(c3ccccc3)(c3ccccc3)c3ccccc3)cnn2C1. The standard InChI is InChI=1S/C46H55N5O4SSi/c1-44(2,3)57(5,6)55-32-45(4)30-50-42(54-31-45)40(29-48-50)56(47,53)51(43(52)49-41-38-26-16-18-33(38)28-34-19-17-27-39(34)41)46(35-20-10-7-11-21-35,36-22-12-8-13-23-36)37-24-14-9-15-25-37/h7-15,20-25,28-29,47H,16-19,26-27,30-32H2,1-6H3,(H,49,52). The van der Waals surface area contributed by atoms with E-state index in [-0.39, 0.29) is 22.4 Å². The van der Waals surface area contributed by atoms with Crippen molar-refractivity contribution in [3.8, 4) is 5.88 Å². The van der Waals surface area contributed by atoms with E-state index in [1.54, 1.807) is 4.68 Å². The van der Waals surface area contributed by atoms with Crippen molar-refractivity contribution >= 4 is 30.0 Å². The molecule has 2 aliphatic carbocycles. The molecule has 2 heterocycles. The van der Waals surface area contributed by atoms with Crippen LogP contribution in [0.4, 0.5) is 10.5 Å². The second kappa shape index (κ2) is 14.6. The predicted molar refractivity (Wildman–Crippen MR) is 229 cm³/mol. The van der Waals surface area contributed by atoms with Gasteiger partial charge in [0.05, 0.1) is 19.3 Å². The lowest BCUT2D eigenvalue weighted by atomic mass is 9.77. The molecule has 1 aromatic heterocycles. The van der Waals surface area contributed by atoms with Gasteiger partial charge in [-0.05, 0) is 95.6 Å².